The Labute approximate surface area is 103 Å². The topological polar surface area (TPSA) is 82.1 Å². The van der Waals surface area contributed by atoms with Crippen LogP contribution in [-0.2, 0) is 23.4 Å². The standard InChI is InChI=1S/C10H19O6P/c1-4-5-14-7-16-17-15-6-8(11)10(2,3)9(12)13/h17H,4-7H2,1-3H3,(H,12,13). The van der Waals surface area contributed by atoms with Crippen LogP contribution in [0.4, 0.5) is 0 Å². The van der Waals surface area contributed by atoms with Crippen LogP contribution < -0.4 is 0 Å². The number of hydrogen-bond donors (Lipinski definition) is 1. The molecule has 0 saturated carbocycles. The van der Waals surface area contributed by atoms with Gasteiger partial charge < -0.3 is 18.9 Å². The molecular formula is C10H19O6P. The van der Waals surface area contributed by atoms with Gasteiger partial charge in [0.2, 0.25) is 0 Å². The molecule has 17 heavy (non-hydrogen) atoms. The third kappa shape index (κ3) is 6.68. The summed E-state index contributed by atoms with van der Waals surface area (Å²) < 4.78 is 14.9. The molecule has 0 aromatic carbocycles. The number of hydrogen-bond acceptors (Lipinski definition) is 5. The summed E-state index contributed by atoms with van der Waals surface area (Å²) in [7, 11) is -0.330. The monoisotopic (exact) mass is 266 g/mol. The zero-order chi connectivity index (χ0) is 13.3. The van der Waals surface area contributed by atoms with Crippen molar-refractivity contribution in [3.8, 4) is 0 Å². The van der Waals surface area contributed by atoms with Crippen molar-refractivity contribution in [2.75, 3.05) is 20.0 Å². The van der Waals surface area contributed by atoms with Gasteiger partial charge in [0.25, 0.3) is 0 Å². The first-order valence-electron chi connectivity index (χ1n) is 5.26. The number of Topliss-reactive ketones (excluding diaryl/α,β-unsaturated/α-hetero) is 1. The van der Waals surface area contributed by atoms with E-state index < -0.39 is 17.2 Å². The second-order valence-corrected chi connectivity index (χ2v) is 4.64. The van der Waals surface area contributed by atoms with Crippen LogP contribution in [0.2, 0.25) is 0 Å². The fourth-order valence-electron chi connectivity index (χ4n) is 0.705. The molecular weight excluding hydrogens is 247 g/mol. The minimum atomic E-state index is -1.43. The molecule has 6 nitrogen and oxygen atoms in total. The molecule has 0 aliphatic heterocycles. The molecule has 100 valence electrons. The van der Waals surface area contributed by atoms with Crippen molar-refractivity contribution in [3.63, 3.8) is 0 Å². The second kappa shape index (κ2) is 8.53. The fraction of sp³-hybridized carbons (Fsp3) is 0.800. The lowest BCUT2D eigenvalue weighted by atomic mass is 9.89. The van der Waals surface area contributed by atoms with E-state index in [4.69, 9.17) is 18.9 Å². The summed E-state index contributed by atoms with van der Waals surface area (Å²) in [5, 5.41) is 8.79. The number of carbonyl (C=O) groups excluding carboxylic acids is 1. The van der Waals surface area contributed by atoms with Gasteiger partial charge in [0.05, 0.1) is 0 Å². The van der Waals surface area contributed by atoms with Gasteiger partial charge in [-0.3, -0.25) is 9.59 Å². The number of carbonyl (C=O) groups is 2. The van der Waals surface area contributed by atoms with Crippen molar-refractivity contribution < 1.29 is 28.5 Å². The number of ketones is 1. The Morgan fingerprint density at radius 3 is 2.47 bits per heavy atom. The molecule has 0 aromatic heterocycles. The number of carboxylic acid groups (broad SMARTS) is 1. The minimum absolute atomic E-state index is 0.114. The highest BCUT2D eigenvalue weighted by Crippen LogP contribution is 2.20. The zero-order valence-corrected chi connectivity index (χ0v) is 11.3. The SMILES string of the molecule is CCCOCOPOCC(=O)C(C)(C)C(=O)O. The van der Waals surface area contributed by atoms with Crippen LogP contribution in [0, 0.1) is 5.41 Å². The van der Waals surface area contributed by atoms with Crippen molar-refractivity contribution in [1.82, 2.24) is 0 Å². The smallest absolute Gasteiger partial charge is 0.316 e. The molecule has 0 heterocycles. The summed E-state index contributed by atoms with van der Waals surface area (Å²) in [6, 6.07) is 0. The Hall–Kier alpha value is -0.550. The lowest BCUT2D eigenvalue weighted by molar-refractivity contribution is -0.153. The van der Waals surface area contributed by atoms with Gasteiger partial charge in [-0.1, -0.05) is 6.92 Å². The van der Waals surface area contributed by atoms with Crippen molar-refractivity contribution in [3.05, 3.63) is 0 Å². The quantitative estimate of drug-likeness (QED) is 0.280. The van der Waals surface area contributed by atoms with Crippen molar-refractivity contribution in [2.24, 2.45) is 5.41 Å². The van der Waals surface area contributed by atoms with E-state index in [9.17, 15) is 9.59 Å². The Morgan fingerprint density at radius 2 is 1.94 bits per heavy atom. The molecule has 0 radical (unpaired) electrons. The normalized spacial score (nSPS) is 12.2. The molecule has 0 aromatic rings. The summed E-state index contributed by atoms with van der Waals surface area (Å²) >= 11 is 0. The van der Waals surface area contributed by atoms with Crippen LogP contribution in [0.3, 0.4) is 0 Å². The van der Waals surface area contributed by atoms with Crippen molar-refractivity contribution >= 4 is 20.8 Å². The lowest BCUT2D eigenvalue weighted by Gasteiger charge is -2.16. The van der Waals surface area contributed by atoms with Gasteiger partial charge >= 0.3 is 5.97 Å². The van der Waals surface area contributed by atoms with Crippen LogP contribution in [0.5, 0.6) is 0 Å². The van der Waals surface area contributed by atoms with E-state index in [2.05, 4.69) is 0 Å². The molecule has 0 saturated heterocycles. The largest absolute Gasteiger partial charge is 0.481 e. The van der Waals surface area contributed by atoms with Crippen molar-refractivity contribution in [1.29, 1.82) is 0 Å². The highest BCUT2D eigenvalue weighted by molar-refractivity contribution is 7.26. The van der Waals surface area contributed by atoms with Gasteiger partial charge in [0.1, 0.15) is 12.0 Å². The Bertz CT molecular complexity index is 253. The van der Waals surface area contributed by atoms with Gasteiger partial charge in [-0.2, -0.15) is 0 Å². The van der Waals surface area contributed by atoms with Crippen LogP contribution in [0.15, 0.2) is 0 Å². The van der Waals surface area contributed by atoms with Crippen LogP contribution >= 0.6 is 9.03 Å². The van der Waals surface area contributed by atoms with E-state index in [0.29, 0.717) is 6.61 Å². The fourth-order valence-corrected chi connectivity index (χ4v) is 1.11. The van der Waals surface area contributed by atoms with E-state index >= 15 is 0 Å². The minimum Gasteiger partial charge on any atom is -0.481 e. The average molecular weight is 266 g/mol. The lowest BCUT2D eigenvalue weighted by Crippen LogP contribution is -2.35. The van der Waals surface area contributed by atoms with Gasteiger partial charge in [-0.15, -0.1) is 0 Å². The molecule has 0 amide bonds. The second-order valence-electron chi connectivity index (χ2n) is 3.90. The maximum Gasteiger partial charge on any atom is 0.316 e. The molecule has 0 rings (SSSR count). The van der Waals surface area contributed by atoms with E-state index in [1.54, 1.807) is 0 Å². The average Bonchev–Trinajstić information content (AvgIpc) is 2.27. The summed E-state index contributed by atoms with van der Waals surface area (Å²) in [5.74, 6) is -1.66. The number of aliphatic carboxylic acids is 1. The Balaban J connectivity index is 3.62. The molecule has 1 atom stereocenters. The zero-order valence-electron chi connectivity index (χ0n) is 10.3. The number of ether oxygens (including phenoxy) is 1. The predicted octanol–water partition coefficient (Wildman–Crippen LogP) is 1.59. The molecule has 7 heteroatoms. The maximum absolute atomic E-state index is 11.5. The van der Waals surface area contributed by atoms with Gasteiger partial charge in [-0.05, 0) is 20.3 Å². The Morgan fingerprint density at radius 1 is 1.29 bits per heavy atom. The van der Waals surface area contributed by atoms with Gasteiger partial charge in [-0.25, -0.2) is 0 Å². The first-order valence-corrected chi connectivity index (χ1v) is 6.07. The third-order valence-corrected chi connectivity index (χ3v) is 2.54. The van der Waals surface area contributed by atoms with Crippen LogP contribution in [0.25, 0.3) is 0 Å². The number of carboxylic acids is 1. The van der Waals surface area contributed by atoms with E-state index in [0.717, 1.165) is 6.42 Å². The molecule has 1 N–H and O–H groups in total. The molecule has 0 aliphatic carbocycles. The summed E-state index contributed by atoms with van der Waals surface area (Å²) in [6.45, 7) is 5.11. The maximum atomic E-state index is 11.5. The third-order valence-electron chi connectivity index (χ3n) is 2.04. The molecule has 0 fully saturated rings. The highest BCUT2D eigenvalue weighted by Gasteiger charge is 2.35. The molecule has 1 unspecified atom stereocenters. The highest BCUT2D eigenvalue weighted by atomic mass is 31.1. The predicted molar refractivity (Wildman–Crippen MR) is 62.9 cm³/mol. The summed E-state index contributed by atoms with van der Waals surface area (Å²) in [4.78, 5) is 22.2. The van der Waals surface area contributed by atoms with Crippen LogP contribution in [-0.4, -0.2) is 36.9 Å². The van der Waals surface area contributed by atoms with Crippen molar-refractivity contribution in [2.45, 2.75) is 27.2 Å². The first-order chi connectivity index (χ1) is 7.92. The number of rotatable bonds is 10. The van der Waals surface area contributed by atoms with Gasteiger partial charge in [0.15, 0.2) is 21.6 Å². The van der Waals surface area contributed by atoms with E-state index in [-0.39, 0.29) is 22.4 Å². The Kier molecular flexibility index (Phi) is 8.25. The summed E-state index contributed by atoms with van der Waals surface area (Å²) in [5.41, 5.74) is -1.43. The van der Waals surface area contributed by atoms with E-state index in [1.807, 2.05) is 6.92 Å². The first kappa shape index (κ1) is 16.4. The van der Waals surface area contributed by atoms with Crippen LogP contribution in [0.1, 0.15) is 27.2 Å². The molecule has 0 aliphatic rings. The van der Waals surface area contributed by atoms with Gasteiger partial charge in [0, 0.05) is 6.61 Å². The molecule has 0 spiro atoms. The molecule has 0 bridgehead atoms. The summed E-state index contributed by atoms with van der Waals surface area (Å²) in [6.07, 6.45) is 0.901. The van der Waals surface area contributed by atoms with E-state index in [1.165, 1.54) is 13.8 Å².